The van der Waals surface area contributed by atoms with Gasteiger partial charge >= 0.3 is 0 Å². The van der Waals surface area contributed by atoms with Gasteiger partial charge in [0.15, 0.2) is 11.6 Å². The average molecular weight is 387 g/mol. The molecule has 0 unspecified atom stereocenters. The number of hydrogen-bond acceptors (Lipinski definition) is 2. The third kappa shape index (κ3) is 5.14. The van der Waals surface area contributed by atoms with Gasteiger partial charge < -0.3 is 10.2 Å². The summed E-state index contributed by atoms with van der Waals surface area (Å²) in [4.78, 5) is 25.2. The Morgan fingerprint density at radius 1 is 1.04 bits per heavy atom. The maximum atomic E-state index is 13.1. The normalized spacial score (nSPS) is 10.4. The maximum Gasteiger partial charge on any atom is 0.226 e. The van der Waals surface area contributed by atoms with E-state index in [1.165, 1.54) is 24.0 Å². The summed E-state index contributed by atoms with van der Waals surface area (Å²) in [6.45, 7) is 1.44. The number of carbonyl (C=O) groups is 2. The van der Waals surface area contributed by atoms with Crippen LogP contribution in [-0.4, -0.2) is 18.4 Å². The Morgan fingerprint density at radius 2 is 1.76 bits per heavy atom. The molecule has 0 spiro atoms. The molecule has 0 saturated carbocycles. The van der Waals surface area contributed by atoms with Crippen LogP contribution < -0.4 is 10.2 Å². The molecule has 2 amide bonds. The first kappa shape index (κ1) is 19.1. The van der Waals surface area contributed by atoms with Crippen molar-refractivity contribution < 1.29 is 18.4 Å². The first-order valence-corrected chi connectivity index (χ1v) is 8.01. The summed E-state index contributed by atoms with van der Waals surface area (Å²) in [5.41, 5.74) is 0.635. The molecule has 132 valence electrons. The highest BCUT2D eigenvalue weighted by Gasteiger charge is 2.15. The monoisotopic (exact) mass is 386 g/mol. The molecule has 8 heteroatoms. The van der Waals surface area contributed by atoms with Gasteiger partial charge in [-0.1, -0.05) is 23.2 Å². The molecule has 0 aliphatic heterocycles. The number of rotatable bonds is 5. The Kier molecular flexibility index (Phi) is 6.33. The number of benzene rings is 2. The second-order valence-corrected chi connectivity index (χ2v) is 6.01. The van der Waals surface area contributed by atoms with E-state index in [-0.39, 0.29) is 29.6 Å². The van der Waals surface area contributed by atoms with E-state index in [1.807, 2.05) is 0 Å². The lowest BCUT2D eigenvalue weighted by Crippen LogP contribution is -2.32. The van der Waals surface area contributed by atoms with Crippen LogP contribution in [-0.2, 0) is 9.59 Å². The van der Waals surface area contributed by atoms with Crippen molar-refractivity contribution in [3.8, 4) is 0 Å². The molecule has 25 heavy (non-hydrogen) atoms. The lowest BCUT2D eigenvalue weighted by molar-refractivity contribution is -0.117. The van der Waals surface area contributed by atoms with Crippen molar-refractivity contribution in [1.29, 1.82) is 0 Å². The maximum absolute atomic E-state index is 13.1. The summed E-state index contributed by atoms with van der Waals surface area (Å²) in [7, 11) is 0. The molecule has 1 N–H and O–H groups in total. The molecule has 0 bridgehead atoms. The summed E-state index contributed by atoms with van der Waals surface area (Å²) < 4.78 is 26.0. The van der Waals surface area contributed by atoms with Crippen molar-refractivity contribution in [2.75, 3.05) is 16.8 Å². The van der Waals surface area contributed by atoms with Crippen molar-refractivity contribution in [3.05, 3.63) is 58.1 Å². The van der Waals surface area contributed by atoms with Gasteiger partial charge in [0.25, 0.3) is 0 Å². The van der Waals surface area contributed by atoms with Crippen LogP contribution in [0.15, 0.2) is 36.4 Å². The van der Waals surface area contributed by atoms with E-state index in [0.717, 1.165) is 12.1 Å². The van der Waals surface area contributed by atoms with Crippen molar-refractivity contribution in [2.24, 2.45) is 0 Å². The molecular weight excluding hydrogens is 373 g/mol. The van der Waals surface area contributed by atoms with E-state index in [4.69, 9.17) is 23.2 Å². The predicted octanol–water partition coefficient (Wildman–Crippen LogP) is 4.65. The molecule has 2 aromatic rings. The Morgan fingerprint density at radius 3 is 2.36 bits per heavy atom. The second-order valence-electron chi connectivity index (χ2n) is 5.20. The predicted molar refractivity (Wildman–Crippen MR) is 94.1 cm³/mol. The molecule has 0 saturated heterocycles. The van der Waals surface area contributed by atoms with Crippen LogP contribution in [0.4, 0.5) is 20.2 Å². The zero-order valence-corrected chi connectivity index (χ0v) is 14.7. The topological polar surface area (TPSA) is 49.4 Å². The van der Waals surface area contributed by atoms with Crippen LogP contribution in [0.1, 0.15) is 13.3 Å². The minimum atomic E-state index is -1.06. The van der Waals surface area contributed by atoms with E-state index in [1.54, 1.807) is 12.1 Å². The number of carbonyl (C=O) groups excluding carboxylic acids is 2. The van der Waals surface area contributed by atoms with Gasteiger partial charge in [-0.25, -0.2) is 8.78 Å². The average Bonchev–Trinajstić information content (AvgIpc) is 2.54. The fourth-order valence-corrected chi connectivity index (χ4v) is 2.42. The zero-order valence-electron chi connectivity index (χ0n) is 13.2. The van der Waals surface area contributed by atoms with Crippen molar-refractivity contribution in [3.63, 3.8) is 0 Å². The highest BCUT2D eigenvalue weighted by atomic mass is 35.5. The first-order valence-electron chi connectivity index (χ1n) is 7.26. The number of amides is 2. The molecule has 0 aromatic heterocycles. The Hall–Kier alpha value is -2.18. The first-order chi connectivity index (χ1) is 11.8. The largest absolute Gasteiger partial charge is 0.326 e. The van der Waals surface area contributed by atoms with Crippen molar-refractivity contribution in [2.45, 2.75) is 13.3 Å². The van der Waals surface area contributed by atoms with Crippen LogP contribution in [0.3, 0.4) is 0 Å². The number of nitrogens with zero attached hydrogens (tertiary/aromatic N) is 1. The Balaban J connectivity index is 2.02. The smallest absolute Gasteiger partial charge is 0.226 e. The van der Waals surface area contributed by atoms with E-state index in [0.29, 0.717) is 10.7 Å². The van der Waals surface area contributed by atoms with Crippen molar-refractivity contribution in [1.82, 2.24) is 0 Å². The Bertz CT molecular complexity index is 815. The van der Waals surface area contributed by atoms with Gasteiger partial charge in [-0.3, -0.25) is 9.59 Å². The van der Waals surface area contributed by atoms with Gasteiger partial charge in [0.05, 0.1) is 10.0 Å². The molecule has 2 rings (SSSR count). The molecule has 2 aromatic carbocycles. The number of halogens is 4. The fourth-order valence-electron chi connectivity index (χ4n) is 2.13. The van der Waals surface area contributed by atoms with Gasteiger partial charge in [0, 0.05) is 37.3 Å². The van der Waals surface area contributed by atoms with Crippen LogP contribution in [0, 0.1) is 11.6 Å². The molecule has 0 aliphatic carbocycles. The quantitative estimate of drug-likeness (QED) is 0.812. The summed E-state index contributed by atoms with van der Waals surface area (Å²) >= 11 is 11.8. The van der Waals surface area contributed by atoms with Gasteiger partial charge in [-0.05, 0) is 30.3 Å². The molecule has 0 heterocycles. The minimum Gasteiger partial charge on any atom is -0.326 e. The van der Waals surface area contributed by atoms with Gasteiger partial charge in [0.2, 0.25) is 11.8 Å². The van der Waals surface area contributed by atoms with Crippen LogP contribution in [0.2, 0.25) is 10.0 Å². The lowest BCUT2D eigenvalue weighted by atomic mass is 10.2. The minimum absolute atomic E-state index is 0.0428. The summed E-state index contributed by atoms with van der Waals surface area (Å²) in [5, 5.41) is 3.09. The number of hydrogen-bond donors (Lipinski definition) is 1. The number of anilines is 2. The fraction of sp³-hybridized carbons (Fsp3) is 0.176. The zero-order chi connectivity index (χ0) is 18.6. The lowest BCUT2D eigenvalue weighted by Gasteiger charge is -2.21. The molecule has 4 nitrogen and oxygen atoms in total. The van der Waals surface area contributed by atoms with E-state index in [9.17, 15) is 18.4 Å². The van der Waals surface area contributed by atoms with Crippen LogP contribution >= 0.6 is 23.2 Å². The van der Waals surface area contributed by atoms with Crippen LogP contribution in [0.5, 0.6) is 0 Å². The second kappa shape index (κ2) is 8.27. The summed E-state index contributed by atoms with van der Waals surface area (Å²) in [6.07, 6.45) is -0.0428. The molecule has 0 atom stereocenters. The SMILES string of the molecule is CC(=O)N(CCC(=O)Nc1ccc(F)c(F)c1)c1ccc(Cl)c(Cl)c1. The number of nitrogens with one attached hydrogen (secondary N) is 1. The summed E-state index contributed by atoms with van der Waals surface area (Å²) in [5.74, 6) is -2.78. The standard InChI is InChI=1S/C17H14Cl2F2N2O2/c1-10(24)23(12-3-4-13(18)14(19)9-12)7-6-17(25)22-11-2-5-15(20)16(21)8-11/h2-5,8-9H,6-7H2,1H3,(H,22,25). The third-order valence-corrected chi connectivity index (χ3v) is 4.10. The Labute approximate surface area is 153 Å². The van der Waals surface area contributed by atoms with Crippen LogP contribution in [0.25, 0.3) is 0 Å². The van der Waals surface area contributed by atoms with Crippen molar-refractivity contribution >= 4 is 46.4 Å². The molecule has 0 radical (unpaired) electrons. The van der Waals surface area contributed by atoms with E-state index < -0.39 is 17.5 Å². The highest BCUT2D eigenvalue weighted by Crippen LogP contribution is 2.27. The summed E-state index contributed by atoms with van der Waals surface area (Å²) in [6, 6.07) is 7.74. The van der Waals surface area contributed by atoms with Gasteiger partial charge in [0.1, 0.15) is 0 Å². The van der Waals surface area contributed by atoms with Gasteiger partial charge in [-0.15, -0.1) is 0 Å². The van der Waals surface area contributed by atoms with Gasteiger partial charge in [-0.2, -0.15) is 0 Å². The highest BCUT2D eigenvalue weighted by molar-refractivity contribution is 6.42. The molecule has 0 fully saturated rings. The van der Waals surface area contributed by atoms with E-state index >= 15 is 0 Å². The molecule has 0 aliphatic rings. The molecular formula is C17H14Cl2F2N2O2. The third-order valence-electron chi connectivity index (χ3n) is 3.36. The van der Waals surface area contributed by atoms with E-state index in [2.05, 4.69) is 5.32 Å².